The molecule has 2 rings (SSSR count). The van der Waals surface area contributed by atoms with E-state index in [0.717, 1.165) is 4.57 Å². The number of nitrogens with zero attached hydrogens (tertiary/aromatic N) is 5. The quantitative estimate of drug-likeness (QED) is 0.417. The average Bonchev–Trinajstić information content (AvgIpc) is 2.80. The lowest BCUT2D eigenvalue weighted by molar-refractivity contribution is -0.0537. The van der Waals surface area contributed by atoms with Crippen molar-refractivity contribution in [2.45, 2.75) is 31.8 Å². The summed E-state index contributed by atoms with van der Waals surface area (Å²) < 4.78 is 6.67. The molecule has 0 amide bonds. The van der Waals surface area contributed by atoms with E-state index >= 15 is 0 Å². The van der Waals surface area contributed by atoms with E-state index in [9.17, 15) is 14.7 Å². The van der Waals surface area contributed by atoms with Crippen molar-refractivity contribution >= 4 is 0 Å². The molecule has 2 heterocycles. The number of rotatable bonds is 3. The van der Waals surface area contributed by atoms with Gasteiger partial charge in [0.05, 0.1) is 18.3 Å². The van der Waals surface area contributed by atoms with Gasteiger partial charge in [0.1, 0.15) is 6.10 Å². The first-order valence-electron chi connectivity index (χ1n) is 5.84. The molecule has 2 N–H and O–H groups in total. The van der Waals surface area contributed by atoms with Gasteiger partial charge in [-0.3, -0.25) is 4.57 Å². The normalized spacial score (nSPS) is 25.4. The van der Waals surface area contributed by atoms with Crippen LogP contribution < -0.4 is 11.2 Å². The van der Waals surface area contributed by atoms with Crippen LogP contribution in [0.15, 0.2) is 21.0 Å². The molecular formula is C10H13N5O5. The topological polar surface area (TPSA) is 142 Å². The predicted molar refractivity (Wildman–Crippen MR) is 65.9 cm³/mol. The lowest BCUT2D eigenvalue weighted by Crippen LogP contribution is -2.41. The first-order valence-corrected chi connectivity index (χ1v) is 5.84. The summed E-state index contributed by atoms with van der Waals surface area (Å²) >= 11 is 0. The SMILES string of the molecule is Cc1cn([C@@H]2O[C@H](CO)CC2O)c(=O)n(N=[N+]=[N-])c1=O. The largest absolute Gasteiger partial charge is 0.428 e. The third-order valence-corrected chi connectivity index (χ3v) is 3.04. The molecule has 0 saturated carbocycles. The van der Waals surface area contributed by atoms with E-state index < -0.39 is 29.7 Å². The van der Waals surface area contributed by atoms with Crippen molar-refractivity contribution in [3.8, 4) is 0 Å². The molecule has 1 unspecified atom stereocenters. The van der Waals surface area contributed by atoms with Crippen molar-refractivity contribution in [3.05, 3.63) is 43.0 Å². The second kappa shape index (κ2) is 5.47. The maximum Gasteiger partial charge on any atom is 0.428 e. The number of hydrogen-bond acceptors (Lipinski definition) is 6. The maximum atomic E-state index is 12.1. The van der Waals surface area contributed by atoms with Gasteiger partial charge in [-0.15, -0.1) is 5.53 Å². The molecule has 0 bridgehead atoms. The van der Waals surface area contributed by atoms with E-state index in [2.05, 4.69) is 10.1 Å². The smallest absolute Gasteiger partial charge is 0.394 e. The molecular weight excluding hydrogens is 270 g/mol. The van der Waals surface area contributed by atoms with Gasteiger partial charge in [0.25, 0.3) is 0 Å². The minimum atomic E-state index is -1.04. The summed E-state index contributed by atoms with van der Waals surface area (Å²) in [6.45, 7) is 1.14. The Morgan fingerprint density at radius 3 is 2.85 bits per heavy atom. The molecule has 20 heavy (non-hydrogen) atoms. The van der Waals surface area contributed by atoms with Crippen LogP contribution in [-0.4, -0.2) is 38.3 Å². The number of aliphatic hydroxyl groups excluding tert-OH is 2. The van der Waals surface area contributed by atoms with Crippen LogP contribution in [0.4, 0.5) is 0 Å². The van der Waals surface area contributed by atoms with E-state index in [1.165, 1.54) is 13.1 Å². The molecule has 1 aliphatic heterocycles. The number of aryl methyl sites for hydroxylation is 1. The summed E-state index contributed by atoms with van der Waals surface area (Å²) in [6.07, 6.45) is -1.27. The Balaban J connectivity index is 2.56. The highest BCUT2D eigenvalue weighted by molar-refractivity contribution is 5.04. The molecule has 1 saturated heterocycles. The molecule has 1 aliphatic rings. The third kappa shape index (κ3) is 2.32. The highest BCUT2D eigenvalue weighted by atomic mass is 16.5. The van der Waals surface area contributed by atoms with Crippen molar-refractivity contribution in [2.24, 2.45) is 5.22 Å². The monoisotopic (exact) mass is 283 g/mol. The summed E-state index contributed by atoms with van der Waals surface area (Å²) in [5, 5.41) is 21.9. The first-order chi connectivity index (χ1) is 9.49. The Kier molecular flexibility index (Phi) is 3.91. The Labute approximate surface area is 112 Å². The van der Waals surface area contributed by atoms with E-state index in [0.29, 0.717) is 4.68 Å². The molecule has 1 aromatic heterocycles. The fourth-order valence-electron chi connectivity index (χ4n) is 2.08. The molecule has 0 aromatic carbocycles. The summed E-state index contributed by atoms with van der Waals surface area (Å²) in [4.78, 5) is 26.2. The van der Waals surface area contributed by atoms with Crippen molar-refractivity contribution in [2.75, 3.05) is 6.61 Å². The van der Waals surface area contributed by atoms with Crippen LogP contribution in [0.25, 0.3) is 10.4 Å². The van der Waals surface area contributed by atoms with Crippen LogP contribution in [0.5, 0.6) is 0 Å². The van der Waals surface area contributed by atoms with Crippen LogP contribution in [0.2, 0.25) is 0 Å². The van der Waals surface area contributed by atoms with Gasteiger partial charge in [0, 0.05) is 12.6 Å². The lowest BCUT2D eigenvalue weighted by Gasteiger charge is -2.17. The number of ether oxygens (including phenoxy) is 1. The molecule has 10 nitrogen and oxygen atoms in total. The highest BCUT2D eigenvalue weighted by Gasteiger charge is 2.36. The Morgan fingerprint density at radius 2 is 2.30 bits per heavy atom. The van der Waals surface area contributed by atoms with E-state index in [1.54, 1.807) is 0 Å². The van der Waals surface area contributed by atoms with Crippen molar-refractivity contribution in [3.63, 3.8) is 0 Å². The summed E-state index contributed by atoms with van der Waals surface area (Å²) in [5.74, 6) is 0. The van der Waals surface area contributed by atoms with Gasteiger partial charge in [0.2, 0.25) is 0 Å². The molecule has 1 fully saturated rings. The third-order valence-electron chi connectivity index (χ3n) is 3.04. The van der Waals surface area contributed by atoms with Gasteiger partial charge in [0.15, 0.2) is 6.23 Å². The Hall–Kier alpha value is -2.13. The predicted octanol–water partition coefficient (Wildman–Crippen LogP) is -0.967. The minimum Gasteiger partial charge on any atom is -0.394 e. The Morgan fingerprint density at radius 1 is 1.60 bits per heavy atom. The fourth-order valence-corrected chi connectivity index (χ4v) is 2.08. The van der Waals surface area contributed by atoms with Gasteiger partial charge in [-0.25, -0.2) is 9.59 Å². The zero-order valence-electron chi connectivity index (χ0n) is 10.6. The lowest BCUT2D eigenvalue weighted by atomic mass is 10.2. The Bertz CT molecular complexity index is 674. The van der Waals surface area contributed by atoms with E-state index in [4.69, 9.17) is 15.4 Å². The van der Waals surface area contributed by atoms with Gasteiger partial charge < -0.3 is 14.9 Å². The van der Waals surface area contributed by atoms with Crippen LogP contribution >= 0.6 is 0 Å². The number of aliphatic hydroxyl groups is 2. The van der Waals surface area contributed by atoms with Crippen LogP contribution in [0.3, 0.4) is 0 Å². The minimum absolute atomic E-state index is 0.153. The summed E-state index contributed by atoms with van der Waals surface area (Å²) in [5.41, 5.74) is 6.88. The van der Waals surface area contributed by atoms with Crippen molar-refractivity contribution in [1.29, 1.82) is 0 Å². The zero-order valence-corrected chi connectivity index (χ0v) is 10.6. The van der Waals surface area contributed by atoms with Gasteiger partial charge in [-0.2, -0.15) is 4.91 Å². The zero-order chi connectivity index (χ0) is 14.9. The molecule has 10 heteroatoms. The fraction of sp³-hybridized carbons (Fsp3) is 0.600. The highest BCUT2D eigenvalue weighted by Crippen LogP contribution is 2.27. The molecule has 0 spiro atoms. The molecule has 1 aromatic rings. The maximum absolute atomic E-state index is 12.1. The van der Waals surface area contributed by atoms with Gasteiger partial charge in [-0.1, -0.05) is 4.68 Å². The molecule has 0 radical (unpaired) electrons. The van der Waals surface area contributed by atoms with Crippen LogP contribution in [-0.2, 0) is 4.74 Å². The number of azide groups is 1. The van der Waals surface area contributed by atoms with E-state index in [1.807, 2.05) is 0 Å². The van der Waals surface area contributed by atoms with Crippen LogP contribution in [0.1, 0.15) is 18.2 Å². The van der Waals surface area contributed by atoms with E-state index in [-0.39, 0.29) is 18.6 Å². The van der Waals surface area contributed by atoms with Crippen molar-refractivity contribution in [1.82, 2.24) is 9.24 Å². The molecule has 0 aliphatic carbocycles. The number of aromatic nitrogens is 2. The summed E-state index contributed by atoms with van der Waals surface area (Å²) in [6, 6.07) is 0. The van der Waals surface area contributed by atoms with Crippen molar-refractivity contribution < 1.29 is 14.9 Å². The standard InChI is InChI=1S/C10H13N5O5/c1-5-3-14(9-7(17)2-6(4-16)20-9)10(19)15(8(5)18)13-12-11/h3,6-7,9,16-17H,2,4H2,1H3/t6-,7?,9+/m0/s1. The average molecular weight is 283 g/mol. The number of hydrogen-bond donors (Lipinski definition) is 2. The molecule has 3 atom stereocenters. The summed E-state index contributed by atoms with van der Waals surface area (Å²) in [7, 11) is 0. The first kappa shape index (κ1) is 14.3. The second-order valence-electron chi connectivity index (χ2n) is 4.43. The molecule has 108 valence electrons. The van der Waals surface area contributed by atoms with Gasteiger partial charge >= 0.3 is 11.2 Å². The van der Waals surface area contributed by atoms with Gasteiger partial charge in [-0.05, 0) is 12.1 Å². The van der Waals surface area contributed by atoms with Crippen LogP contribution in [0, 0.1) is 6.92 Å². The second-order valence-corrected chi connectivity index (χ2v) is 4.43.